The number of carbonyl (C=O) groups is 2. The first-order valence-corrected chi connectivity index (χ1v) is 12.4. The molecule has 36 heavy (non-hydrogen) atoms. The van der Waals surface area contributed by atoms with Gasteiger partial charge in [0.05, 0.1) is 31.2 Å². The van der Waals surface area contributed by atoms with Gasteiger partial charge in [0, 0.05) is 34.9 Å². The minimum atomic E-state index is -0.550. The van der Waals surface area contributed by atoms with Crippen LogP contribution in [0.1, 0.15) is 62.6 Å². The van der Waals surface area contributed by atoms with Crippen LogP contribution < -0.4 is 15.4 Å². The maximum Gasteiger partial charge on any atom is 0.356 e. The zero-order valence-corrected chi connectivity index (χ0v) is 21.4. The zero-order valence-electron chi connectivity index (χ0n) is 21.4. The molecular formula is C28H35N3O5. The van der Waals surface area contributed by atoms with Crippen molar-refractivity contribution in [1.82, 2.24) is 4.98 Å². The van der Waals surface area contributed by atoms with Gasteiger partial charge in [-0.3, -0.25) is 0 Å². The number of benzene rings is 2. The molecule has 1 fully saturated rings. The van der Waals surface area contributed by atoms with E-state index in [4.69, 9.17) is 14.2 Å². The number of anilines is 2. The van der Waals surface area contributed by atoms with Crippen LogP contribution in [-0.2, 0) is 14.9 Å². The van der Waals surface area contributed by atoms with Crippen molar-refractivity contribution in [3.63, 3.8) is 0 Å². The van der Waals surface area contributed by atoms with Crippen LogP contribution in [-0.4, -0.2) is 43.4 Å². The van der Waals surface area contributed by atoms with Gasteiger partial charge in [0.15, 0.2) is 0 Å². The molecule has 192 valence electrons. The second-order valence-corrected chi connectivity index (χ2v) is 10.1. The van der Waals surface area contributed by atoms with Gasteiger partial charge in [0.2, 0.25) is 0 Å². The molecule has 0 spiro atoms. The van der Waals surface area contributed by atoms with Crippen molar-refractivity contribution >= 4 is 34.1 Å². The number of hydrogen-bond acceptors (Lipinski definition) is 5. The monoisotopic (exact) mass is 493 g/mol. The molecule has 8 nitrogen and oxygen atoms in total. The van der Waals surface area contributed by atoms with E-state index in [1.54, 1.807) is 6.07 Å². The Labute approximate surface area is 211 Å². The smallest absolute Gasteiger partial charge is 0.356 e. The molecule has 1 unspecified atom stereocenters. The fraction of sp³-hybridized carbons (Fsp3) is 0.429. The van der Waals surface area contributed by atoms with Crippen molar-refractivity contribution in [2.75, 3.05) is 31.0 Å². The summed E-state index contributed by atoms with van der Waals surface area (Å²) in [6.45, 7) is 7.45. The third-order valence-corrected chi connectivity index (χ3v) is 6.37. The Hall–Kier alpha value is -3.52. The second-order valence-electron chi connectivity index (χ2n) is 10.1. The number of H-pyrrole nitrogens is 1. The average molecular weight is 494 g/mol. The number of aromatic nitrogens is 1. The SMILES string of the molecule is COC(=O)c1[nH]c(C(C)(C)C)cc1NC(=O)Nc1ccc(OCCC2CCCCO2)c2ccccc12. The van der Waals surface area contributed by atoms with Crippen LogP contribution >= 0.6 is 0 Å². The molecule has 1 saturated heterocycles. The normalized spacial score (nSPS) is 15.9. The Kier molecular flexibility index (Phi) is 7.84. The maximum atomic E-state index is 12.9. The lowest BCUT2D eigenvalue weighted by molar-refractivity contribution is 0.00413. The van der Waals surface area contributed by atoms with E-state index < -0.39 is 12.0 Å². The lowest BCUT2D eigenvalue weighted by atomic mass is 9.92. The molecule has 2 amide bonds. The molecule has 2 aromatic carbocycles. The molecule has 3 aromatic rings. The van der Waals surface area contributed by atoms with Crippen LogP contribution in [0.25, 0.3) is 10.8 Å². The average Bonchev–Trinajstić information content (AvgIpc) is 3.29. The lowest BCUT2D eigenvalue weighted by Crippen LogP contribution is -2.21. The van der Waals surface area contributed by atoms with Crippen molar-refractivity contribution in [2.24, 2.45) is 0 Å². The van der Waals surface area contributed by atoms with E-state index in [2.05, 4.69) is 15.6 Å². The second kappa shape index (κ2) is 11.0. The molecule has 1 atom stereocenters. The number of fused-ring (bicyclic) bond motifs is 1. The van der Waals surface area contributed by atoms with Crippen molar-refractivity contribution < 1.29 is 23.8 Å². The van der Waals surface area contributed by atoms with Gasteiger partial charge in [-0.2, -0.15) is 0 Å². The summed E-state index contributed by atoms with van der Waals surface area (Å²) in [4.78, 5) is 28.3. The summed E-state index contributed by atoms with van der Waals surface area (Å²) in [5.74, 6) is 0.215. The largest absolute Gasteiger partial charge is 0.493 e. The fourth-order valence-electron chi connectivity index (χ4n) is 4.34. The topological polar surface area (TPSA) is 102 Å². The first-order chi connectivity index (χ1) is 17.3. The molecule has 1 aliphatic rings. The van der Waals surface area contributed by atoms with Crippen molar-refractivity contribution in [3.05, 3.63) is 53.9 Å². The van der Waals surface area contributed by atoms with Crippen LogP contribution in [0.5, 0.6) is 5.75 Å². The van der Waals surface area contributed by atoms with E-state index in [0.717, 1.165) is 48.1 Å². The van der Waals surface area contributed by atoms with Crippen molar-refractivity contribution in [2.45, 2.75) is 58.0 Å². The Balaban J connectivity index is 1.48. The molecule has 1 aromatic heterocycles. The first kappa shape index (κ1) is 25.6. The van der Waals surface area contributed by atoms with E-state index in [1.165, 1.54) is 13.5 Å². The van der Waals surface area contributed by atoms with Crippen LogP contribution in [0.3, 0.4) is 0 Å². The zero-order chi connectivity index (χ0) is 25.7. The summed E-state index contributed by atoms with van der Waals surface area (Å²) in [7, 11) is 1.31. The summed E-state index contributed by atoms with van der Waals surface area (Å²) in [6.07, 6.45) is 4.54. The summed E-state index contributed by atoms with van der Waals surface area (Å²) in [5.41, 5.74) is 1.77. The van der Waals surface area contributed by atoms with Crippen LogP contribution in [0.2, 0.25) is 0 Å². The van der Waals surface area contributed by atoms with Gasteiger partial charge in [-0.25, -0.2) is 9.59 Å². The van der Waals surface area contributed by atoms with Crippen LogP contribution in [0.15, 0.2) is 42.5 Å². The Bertz CT molecular complexity index is 1220. The highest BCUT2D eigenvalue weighted by Gasteiger charge is 2.24. The highest BCUT2D eigenvalue weighted by molar-refractivity contribution is 6.09. The van der Waals surface area contributed by atoms with Gasteiger partial charge in [0.1, 0.15) is 11.4 Å². The van der Waals surface area contributed by atoms with E-state index >= 15 is 0 Å². The number of hydrogen-bond donors (Lipinski definition) is 3. The van der Waals surface area contributed by atoms with Gasteiger partial charge >= 0.3 is 12.0 Å². The van der Waals surface area contributed by atoms with Crippen LogP contribution in [0, 0.1) is 0 Å². The lowest BCUT2D eigenvalue weighted by Gasteiger charge is -2.22. The Morgan fingerprint density at radius 3 is 2.50 bits per heavy atom. The van der Waals surface area contributed by atoms with Gasteiger partial charge in [-0.1, -0.05) is 45.0 Å². The first-order valence-electron chi connectivity index (χ1n) is 12.4. The third kappa shape index (κ3) is 5.99. The molecule has 0 aliphatic carbocycles. The van der Waals surface area contributed by atoms with E-state index in [9.17, 15) is 9.59 Å². The molecule has 8 heteroatoms. The quantitative estimate of drug-likeness (QED) is 0.339. The number of carbonyl (C=O) groups excluding carboxylic acids is 2. The highest BCUT2D eigenvalue weighted by atomic mass is 16.5. The number of aromatic amines is 1. The number of urea groups is 1. The fourth-order valence-corrected chi connectivity index (χ4v) is 4.34. The number of amides is 2. The van der Waals surface area contributed by atoms with E-state index in [0.29, 0.717) is 18.0 Å². The predicted molar refractivity (Wildman–Crippen MR) is 141 cm³/mol. The van der Waals surface area contributed by atoms with E-state index in [1.807, 2.05) is 57.2 Å². The molecule has 0 bridgehead atoms. The van der Waals surface area contributed by atoms with Crippen LogP contribution in [0.4, 0.5) is 16.2 Å². The van der Waals surface area contributed by atoms with Crippen molar-refractivity contribution in [1.29, 1.82) is 0 Å². The summed E-state index contributed by atoms with van der Waals surface area (Å²) < 4.78 is 16.8. The minimum Gasteiger partial charge on any atom is -0.493 e. The molecule has 1 aliphatic heterocycles. The van der Waals surface area contributed by atoms with Gasteiger partial charge in [-0.05, 0) is 37.5 Å². The number of methoxy groups -OCH3 is 1. The van der Waals surface area contributed by atoms with Crippen molar-refractivity contribution in [3.8, 4) is 5.75 Å². The molecule has 0 saturated carbocycles. The Morgan fingerprint density at radius 1 is 1.06 bits per heavy atom. The molecule has 3 N–H and O–H groups in total. The molecular weight excluding hydrogens is 458 g/mol. The van der Waals surface area contributed by atoms with Gasteiger partial charge in [-0.15, -0.1) is 0 Å². The van der Waals surface area contributed by atoms with Gasteiger partial charge in [0.25, 0.3) is 0 Å². The van der Waals surface area contributed by atoms with E-state index in [-0.39, 0.29) is 17.2 Å². The number of rotatable bonds is 7. The summed E-state index contributed by atoms with van der Waals surface area (Å²) in [6, 6.07) is 12.8. The van der Waals surface area contributed by atoms with Gasteiger partial charge < -0.3 is 29.8 Å². The molecule has 2 heterocycles. The highest BCUT2D eigenvalue weighted by Crippen LogP contribution is 2.33. The Morgan fingerprint density at radius 2 is 1.81 bits per heavy atom. The number of nitrogens with one attached hydrogen (secondary N) is 3. The molecule has 0 radical (unpaired) electrons. The standard InChI is InChI=1S/C28H35N3O5/c1-28(2,3)24-17-22(25(31-24)26(32)34-4)30-27(33)29-21-12-13-23(20-11-6-5-10-19(20)21)36-16-14-18-9-7-8-15-35-18/h5-6,10-13,17-18,31H,7-9,14-16H2,1-4H3,(H2,29,30,33). The number of esters is 1. The minimum absolute atomic E-state index is 0.202. The maximum absolute atomic E-state index is 12.9. The molecule has 4 rings (SSSR count). The number of ether oxygens (including phenoxy) is 3. The third-order valence-electron chi connectivity index (χ3n) is 6.37. The summed E-state index contributed by atoms with van der Waals surface area (Å²) >= 11 is 0. The predicted octanol–water partition coefficient (Wildman–Crippen LogP) is 6.23. The summed E-state index contributed by atoms with van der Waals surface area (Å²) in [5, 5.41) is 7.47.